The van der Waals surface area contributed by atoms with Crippen LogP contribution in [0.15, 0.2) is 49.8 Å². The van der Waals surface area contributed by atoms with Crippen molar-refractivity contribution in [3.63, 3.8) is 0 Å². The van der Waals surface area contributed by atoms with Crippen LogP contribution < -0.4 is 16.1 Å². The highest BCUT2D eigenvalue weighted by molar-refractivity contribution is 7.99. The van der Waals surface area contributed by atoms with Gasteiger partial charge in [-0.15, -0.1) is 4.73 Å². The van der Waals surface area contributed by atoms with E-state index >= 15 is 0 Å². The molecule has 1 aromatic carbocycles. The van der Waals surface area contributed by atoms with E-state index in [2.05, 4.69) is 4.98 Å². The van der Waals surface area contributed by atoms with Gasteiger partial charge in [0.05, 0.1) is 12.2 Å². The molecule has 0 radical (unpaired) electrons. The topological polar surface area (TPSA) is 84.3 Å². The highest BCUT2D eigenvalue weighted by Crippen LogP contribution is 2.28. The molecule has 0 saturated heterocycles. The maximum absolute atomic E-state index is 12.1. The minimum atomic E-state index is -0.642. The second-order valence-electron chi connectivity index (χ2n) is 4.56. The molecule has 0 aliphatic carbocycles. The largest absolute Gasteiger partial charge is 0.406 e. The van der Waals surface area contributed by atoms with Crippen molar-refractivity contribution >= 4 is 11.8 Å². The molecular formula is C15H18N2O4S. The predicted octanol–water partition coefficient (Wildman–Crippen LogP) is 1.06. The van der Waals surface area contributed by atoms with Gasteiger partial charge in [0.15, 0.2) is 0 Å². The molecule has 0 saturated carbocycles. The van der Waals surface area contributed by atoms with Gasteiger partial charge in [0.25, 0.3) is 5.56 Å². The van der Waals surface area contributed by atoms with Crippen LogP contribution in [-0.4, -0.2) is 28.0 Å². The van der Waals surface area contributed by atoms with E-state index in [9.17, 15) is 9.59 Å². The van der Waals surface area contributed by atoms with Crippen molar-refractivity contribution in [1.82, 2.24) is 9.71 Å². The van der Waals surface area contributed by atoms with E-state index in [4.69, 9.17) is 9.94 Å². The Morgan fingerprint density at radius 2 is 2.00 bits per heavy atom. The lowest BCUT2D eigenvalue weighted by Crippen LogP contribution is -2.38. The van der Waals surface area contributed by atoms with Crippen LogP contribution in [0.5, 0.6) is 0 Å². The quantitative estimate of drug-likeness (QED) is 0.745. The molecule has 6 nitrogen and oxygen atoms in total. The Labute approximate surface area is 131 Å². The average Bonchev–Trinajstić information content (AvgIpc) is 2.51. The van der Waals surface area contributed by atoms with Crippen LogP contribution in [0, 0.1) is 0 Å². The third-order valence-electron chi connectivity index (χ3n) is 2.89. The van der Waals surface area contributed by atoms with Crippen molar-refractivity contribution < 1.29 is 9.94 Å². The number of aromatic amines is 1. The van der Waals surface area contributed by atoms with E-state index in [0.29, 0.717) is 17.0 Å². The van der Waals surface area contributed by atoms with Crippen LogP contribution in [-0.2, 0) is 6.42 Å². The van der Waals surface area contributed by atoms with Crippen molar-refractivity contribution in [2.24, 2.45) is 0 Å². The Kier molecular flexibility index (Phi) is 5.85. The molecule has 0 unspecified atom stereocenters. The first-order chi connectivity index (χ1) is 10.7. The summed E-state index contributed by atoms with van der Waals surface area (Å²) in [6.07, 6.45) is 1.30. The number of rotatable bonds is 7. The van der Waals surface area contributed by atoms with E-state index < -0.39 is 11.2 Å². The molecule has 1 aromatic heterocycles. The molecule has 0 bridgehead atoms. The first-order valence-electron chi connectivity index (χ1n) is 7.02. The van der Waals surface area contributed by atoms with Gasteiger partial charge in [0.1, 0.15) is 11.6 Å². The lowest BCUT2D eigenvalue weighted by atomic mass is 10.2. The minimum Gasteiger partial charge on any atom is -0.406 e. The number of benzene rings is 1. The van der Waals surface area contributed by atoms with Gasteiger partial charge in [-0.2, -0.15) is 0 Å². The molecule has 22 heavy (non-hydrogen) atoms. The fraction of sp³-hybridized carbons (Fsp3) is 0.333. The summed E-state index contributed by atoms with van der Waals surface area (Å²) in [5, 5.41) is 9.36. The molecule has 118 valence electrons. The van der Waals surface area contributed by atoms with E-state index in [1.54, 1.807) is 0 Å². The van der Waals surface area contributed by atoms with E-state index in [1.807, 2.05) is 37.3 Å². The summed E-state index contributed by atoms with van der Waals surface area (Å²) in [5.41, 5.74) is -0.528. The minimum absolute atomic E-state index is 0.0279. The van der Waals surface area contributed by atoms with Crippen LogP contribution in [0.3, 0.4) is 0 Å². The smallest absolute Gasteiger partial charge is 0.362 e. The molecule has 0 amide bonds. The lowest BCUT2D eigenvalue weighted by molar-refractivity contribution is 0.0510. The Morgan fingerprint density at radius 1 is 1.27 bits per heavy atom. The monoisotopic (exact) mass is 322 g/mol. The Balaban J connectivity index is 2.54. The first-order valence-corrected chi connectivity index (χ1v) is 7.84. The zero-order valence-corrected chi connectivity index (χ0v) is 13.1. The fourth-order valence-electron chi connectivity index (χ4n) is 1.96. The third-order valence-corrected chi connectivity index (χ3v) is 4.00. The number of aliphatic hydroxyl groups is 1. The van der Waals surface area contributed by atoms with Gasteiger partial charge in [-0.25, -0.2) is 4.79 Å². The Morgan fingerprint density at radius 3 is 2.64 bits per heavy atom. The van der Waals surface area contributed by atoms with Crippen molar-refractivity contribution in [2.45, 2.75) is 29.7 Å². The standard InChI is InChI=1S/C15H18N2O4S/c1-2-6-12-13(19)16-15(20)17(21-10-9-18)14(12)22-11-7-4-3-5-8-11/h3-5,7-8,18H,2,6,9-10H2,1H3,(H,16,19,20). The molecule has 1 heterocycles. The van der Waals surface area contributed by atoms with E-state index in [1.165, 1.54) is 11.8 Å². The van der Waals surface area contributed by atoms with Crippen LogP contribution in [0.2, 0.25) is 0 Å². The zero-order valence-electron chi connectivity index (χ0n) is 12.2. The van der Waals surface area contributed by atoms with Crippen molar-refractivity contribution in [3.05, 3.63) is 56.7 Å². The van der Waals surface area contributed by atoms with Gasteiger partial charge in [-0.1, -0.05) is 43.3 Å². The summed E-state index contributed by atoms with van der Waals surface area (Å²) in [6.45, 7) is 1.71. The van der Waals surface area contributed by atoms with Gasteiger partial charge >= 0.3 is 5.69 Å². The molecular weight excluding hydrogens is 304 g/mol. The summed E-state index contributed by atoms with van der Waals surface area (Å²) in [4.78, 5) is 32.5. The van der Waals surface area contributed by atoms with Gasteiger partial charge in [0.2, 0.25) is 0 Å². The Hall–Kier alpha value is -1.99. The SMILES string of the molecule is CCCc1c(Sc2ccccc2)n(OCCO)c(=O)[nH]c1=O. The van der Waals surface area contributed by atoms with Gasteiger partial charge < -0.3 is 9.94 Å². The third kappa shape index (κ3) is 3.80. The summed E-state index contributed by atoms with van der Waals surface area (Å²) >= 11 is 1.30. The maximum Gasteiger partial charge on any atom is 0.362 e. The highest BCUT2D eigenvalue weighted by atomic mass is 32.2. The number of nitrogens with zero attached hydrogens (tertiary/aromatic N) is 1. The average molecular weight is 322 g/mol. The van der Waals surface area contributed by atoms with E-state index in [0.717, 1.165) is 16.0 Å². The predicted molar refractivity (Wildman–Crippen MR) is 84.4 cm³/mol. The van der Waals surface area contributed by atoms with Crippen LogP contribution in [0.1, 0.15) is 18.9 Å². The van der Waals surface area contributed by atoms with Gasteiger partial charge in [0, 0.05) is 4.90 Å². The molecule has 0 aliphatic heterocycles. The molecule has 2 rings (SSSR count). The second kappa shape index (κ2) is 7.86. The number of hydrogen-bond donors (Lipinski definition) is 2. The molecule has 0 atom stereocenters. The van der Waals surface area contributed by atoms with E-state index in [-0.39, 0.29) is 13.2 Å². The number of H-pyrrole nitrogens is 1. The van der Waals surface area contributed by atoms with Crippen LogP contribution in [0.25, 0.3) is 0 Å². The van der Waals surface area contributed by atoms with Crippen molar-refractivity contribution in [2.75, 3.05) is 13.2 Å². The highest BCUT2D eigenvalue weighted by Gasteiger charge is 2.16. The summed E-state index contributed by atoms with van der Waals surface area (Å²) < 4.78 is 1.06. The molecule has 0 spiro atoms. The van der Waals surface area contributed by atoms with Crippen LogP contribution >= 0.6 is 11.8 Å². The number of aliphatic hydroxyl groups excluding tert-OH is 1. The number of aromatic nitrogens is 2. The zero-order chi connectivity index (χ0) is 15.9. The number of hydrogen-bond acceptors (Lipinski definition) is 5. The van der Waals surface area contributed by atoms with Crippen molar-refractivity contribution in [3.8, 4) is 0 Å². The second-order valence-corrected chi connectivity index (χ2v) is 5.62. The molecule has 2 aromatic rings. The summed E-state index contributed by atoms with van der Waals surface area (Å²) in [5.74, 6) is 0. The maximum atomic E-state index is 12.1. The summed E-state index contributed by atoms with van der Waals surface area (Å²) in [7, 11) is 0. The lowest BCUT2D eigenvalue weighted by Gasteiger charge is -2.15. The normalized spacial score (nSPS) is 10.6. The van der Waals surface area contributed by atoms with Crippen molar-refractivity contribution in [1.29, 1.82) is 0 Å². The molecule has 0 fully saturated rings. The Bertz CT molecular complexity index is 725. The molecule has 0 aliphatic rings. The first kappa shape index (κ1) is 16.4. The van der Waals surface area contributed by atoms with Crippen LogP contribution in [0.4, 0.5) is 0 Å². The molecule has 7 heteroatoms. The number of nitrogens with one attached hydrogen (secondary N) is 1. The van der Waals surface area contributed by atoms with Gasteiger partial charge in [-0.3, -0.25) is 9.78 Å². The summed E-state index contributed by atoms with van der Waals surface area (Å²) in [6, 6.07) is 9.44. The van der Waals surface area contributed by atoms with Gasteiger partial charge in [-0.05, 0) is 18.6 Å². The molecule has 2 N–H and O–H groups in total. The fourth-order valence-corrected chi connectivity index (χ4v) is 3.01.